The lowest BCUT2D eigenvalue weighted by Crippen LogP contribution is -2.43. The second-order valence-electron chi connectivity index (χ2n) is 3.47. The maximum absolute atomic E-state index is 9.19. The lowest BCUT2D eigenvalue weighted by molar-refractivity contribution is -0.0929. The van der Waals surface area contributed by atoms with E-state index in [1.54, 1.807) is 0 Å². The predicted molar refractivity (Wildman–Crippen MR) is 39.3 cm³/mol. The van der Waals surface area contributed by atoms with Crippen LogP contribution in [0.1, 0.15) is 12.8 Å². The molecule has 1 N–H and O–H groups in total. The number of hydrogen-bond acceptors (Lipinski definition) is 3. The molecule has 3 heteroatoms. The minimum absolute atomic E-state index is 0.0573. The van der Waals surface area contributed by atoms with E-state index in [1.165, 1.54) is 0 Å². The summed E-state index contributed by atoms with van der Waals surface area (Å²) in [6, 6.07) is 0. The molecule has 0 unspecified atom stereocenters. The summed E-state index contributed by atoms with van der Waals surface area (Å²) < 4.78 is 10.8. The fraction of sp³-hybridized carbons (Fsp3) is 1.00. The van der Waals surface area contributed by atoms with Gasteiger partial charge in [-0.05, 0) is 12.8 Å². The van der Waals surface area contributed by atoms with Crippen LogP contribution in [0.2, 0.25) is 0 Å². The first-order chi connectivity index (χ1) is 5.37. The van der Waals surface area contributed by atoms with Gasteiger partial charge in [0.25, 0.3) is 0 Å². The summed E-state index contributed by atoms with van der Waals surface area (Å²) in [7, 11) is 0. The summed E-state index contributed by atoms with van der Waals surface area (Å²) in [5, 5.41) is 9.19. The topological polar surface area (TPSA) is 38.7 Å². The smallest absolute Gasteiger partial charge is 0.0698 e. The van der Waals surface area contributed by atoms with Crippen LogP contribution in [0.15, 0.2) is 0 Å². The molecule has 2 rings (SSSR count). The fourth-order valence-electron chi connectivity index (χ4n) is 1.99. The molecule has 0 spiro atoms. The van der Waals surface area contributed by atoms with E-state index in [9.17, 15) is 5.11 Å². The highest BCUT2D eigenvalue weighted by atomic mass is 16.5. The maximum Gasteiger partial charge on any atom is 0.0698 e. The first kappa shape index (κ1) is 7.53. The quantitative estimate of drug-likeness (QED) is 0.591. The van der Waals surface area contributed by atoms with Crippen molar-refractivity contribution in [2.45, 2.75) is 18.9 Å². The van der Waals surface area contributed by atoms with Gasteiger partial charge in [-0.25, -0.2) is 0 Å². The molecule has 2 atom stereocenters. The monoisotopic (exact) mass is 158 g/mol. The van der Waals surface area contributed by atoms with E-state index < -0.39 is 0 Å². The third-order valence-corrected chi connectivity index (χ3v) is 2.83. The highest BCUT2D eigenvalue weighted by Crippen LogP contribution is 2.39. The van der Waals surface area contributed by atoms with Gasteiger partial charge in [0.1, 0.15) is 0 Å². The molecule has 0 aromatic rings. The summed E-state index contributed by atoms with van der Waals surface area (Å²) in [6.45, 7) is 2.45. The van der Waals surface area contributed by atoms with Gasteiger partial charge in [-0.2, -0.15) is 0 Å². The van der Waals surface area contributed by atoms with Crippen LogP contribution in [-0.2, 0) is 9.47 Å². The standard InChI is InChI=1S/C8H14O3/c9-5-8-2-4-11-7(8)1-3-10-6-8/h7,9H,1-6H2/t7-,8-/m0/s1. The summed E-state index contributed by atoms with van der Waals surface area (Å²) in [5.74, 6) is 0. The van der Waals surface area contributed by atoms with E-state index in [4.69, 9.17) is 9.47 Å². The number of ether oxygens (including phenoxy) is 2. The Labute approximate surface area is 66.3 Å². The normalized spacial score (nSPS) is 43.9. The lowest BCUT2D eigenvalue weighted by atomic mass is 9.80. The van der Waals surface area contributed by atoms with E-state index in [1.807, 2.05) is 0 Å². The molecular weight excluding hydrogens is 144 g/mol. The second-order valence-corrected chi connectivity index (χ2v) is 3.47. The number of aliphatic hydroxyl groups excluding tert-OH is 1. The third kappa shape index (κ3) is 1.08. The second kappa shape index (κ2) is 2.73. The largest absolute Gasteiger partial charge is 0.396 e. The number of fused-ring (bicyclic) bond motifs is 1. The van der Waals surface area contributed by atoms with Crippen molar-refractivity contribution in [2.75, 3.05) is 26.4 Å². The highest BCUT2D eigenvalue weighted by Gasteiger charge is 2.45. The van der Waals surface area contributed by atoms with Gasteiger partial charge in [-0.1, -0.05) is 0 Å². The van der Waals surface area contributed by atoms with Gasteiger partial charge in [0.15, 0.2) is 0 Å². The molecule has 0 amide bonds. The molecule has 0 radical (unpaired) electrons. The molecule has 2 aliphatic rings. The van der Waals surface area contributed by atoms with Crippen LogP contribution in [0.5, 0.6) is 0 Å². The van der Waals surface area contributed by atoms with Crippen molar-refractivity contribution >= 4 is 0 Å². The van der Waals surface area contributed by atoms with Crippen molar-refractivity contribution in [3.63, 3.8) is 0 Å². The number of aliphatic hydroxyl groups is 1. The first-order valence-corrected chi connectivity index (χ1v) is 4.18. The molecule has 0 aromatic carbocycles. The zero-order valence-corrected chi connectivity index (χ0v) is 6.58. The maximum atomic E-state index is 9.19. The molecule has 64 valence electrons. The van der Waals surface area contributed by atoms with E-state index >= 15 is 0 Å². The molecule has 2 aliphatic heterocycles. The number of hydrogen-bond donors (Lipinski definition) is 1. The molecule has 0 saturated carbocycles. The van der Waals surface area contributed by atoms with Crippen LogP contribution >= 0.6 is 0 Å². The van der Waals surface area contributed by atoms with Crippen molar-refractivity contribution in [3.05, 3.63) is 0 Å². The summed E-state index contributed by atoms with van der Waals surface area (Å²) >= 11 is 0. The van der Waals surface area contributed by atoms with E-state index in [0.717, 1.165) is 26.1 Å². The van der Waals surface area contributed by atoms with E-state index in [2.05, 4.69) is 0 Å². The highest BCUT2D eigenvalue weighted by molar-refractivity contribution is 4.93. The fourth-order valence-corrected chi connectivity index (χ4v) is 1.99. The Kier molecular flexibility index (Phi) is 1.87. The van der Waals surface area contributed by atoms with Crippen LogP contribution < -0.4 is 0 Å². The van der Waals surface area contributed by atoms with Gasteiger partial charge < -0.3 is 14.6 Å². The van der Waals surface area contributed by atoms with Gasteiger partial charge in [0.2, 0.25) is 0 Å². The molecular formula is C8H14O3. The Hall–Kier alpha value is -0.120. The summed E-state index contributed by atoms with van der Waals surface area (Å²) in [6.07, 6.45) is 2.15. The molecule has 0 aromatic heterocycles. The van der Waals surface area contributed by atoms with Crippen LogP contribution in [-0.4, -0.2) is 37.6 Å². The minimum atomic E-state index is -0.0573. The zero-order valence-electron chi connectivity index (χ0n) is 6.58. The minimum Gasteiger partial charge on any atom is -0.396 e. The Morgan fingerprint density at radius 2 is 2.36 bits per heavy atom. The van der Waals surface area contributed by atoms with Crippen molar-refractivity contribution < 1.29 is 14.6 Å². The van der Waals surface area contributed by atoms with Crippen LogP contribution in [0, 0.1) is 5.41 Å². The van der Waals surface area contributed by atoms with Gasteiger partial charge in [-0.3, -0.25) is 0 Å². The van der Waals surface area contributed by atoms with Gasteiger partial charge in [0, 0.05) is 18.6 Å². The molecule has 2 saturated heterocycles. The third-order valence-electron chi connectivity index (χ3n) is 2.83. The van der Waals surface area contributed by atoms with Crippen LogP contribution in [0.4, 0.5) is 0 Å². The molecule has 3 nitrogen and oxygen atoms in total. The molecule has 0 bridgehead atoms. The average Bonchev–Trinajstić information content (AvgIpc) is 2.48. The Balaban J connectivity index is 2.12. The Bertz CT molecular complexity index is 148. The van der Waals surface area contributed by atoms with Gasteiger partial charge in [0.05, 0.1) is 19.3 Å². The molecule has 2 heterocycles. The van der Waals surface area contributed by atoms with E-state index in [0.29, 0.717) is 6.61 Å². The van der Waals surface area contributed by atoms with Crippen LogP contribution in [0.25, 0.3) is 0 Å². The lowest BCUT2D eigenvalue weighted by Gasteiger charge is -2.35. The van der Waals surface area contributed by atoms with Crippen molar-refractivity contribution in [3.8, 4) is 0 Å². The number of rotatable bonds is 1. The SMILES string of the molecule is OC[C@]12CCO[C@H]1CCOC2. The molecule has 0 aliphatic carbocycles. The Morgan fingerprint density at radius 3 is 3.09 bits per heavy atom. The molecule has 2 fully saturated rings. The summed E-state index contributed by atoms with van der Waals surface area (Å²) in [4.78, 5) is 0. The van der Waals surface area contributed by atoms with Gasteiger partial charge in [-0.15, -0.1) is 0 Å². The molecule has 11 heavy (non-hydrogen) atoms. The van der Waals surface area contributed by atoms with Crippen LogP contribution in [0.3, 0.4) is 0 Å². The first-order valence-electron chi connectivity index (χ1n) is 4.18. The average molecular weight is 158 g/mol. The summed E-state index contributed by atoms with van der Waals surface area (Å²) in [5.41, 5.74) is -0.0573. The van der Waals surface area contributed by atoms with Crippen molar-refractivity contribution in [2.24, 2.45) is 5.41 Å². The van der Waals surface area contributed by atoms with Crippen molar-refractivity contribution in [1.29, 1.82) is 0 Å². The predicted octanol–water partition coefficient (Wildman–Crippen LogP) is 0.174. The van der Waals surface area contributed by atoms with Crippen molar-refractivity contribution in [1.82, 2.24) is 0 Å². The van der Waals surface area contributed by atoms with Gasteiger partial charge >= 0.3 is 0 Å². The van der Waals surface area contributed by atoms with E-state index in [-0.39, 0.29) is 18.1 Å². The Morgan fingerprint density at radius 1 is 1.45 bits per heavy atom. The zero-order chi connectivity index (χ0) is 7.73.